The second-order valence-electron chi connectivity index (χ2n) is 3.85. The minimum atomic E-state index is 0.332. The maximum absolute atomic E-state index is 5.91. The lowest BCUT2D eigenvalue weighted by atomic mass is 10.3. The van der Waals surface area contributed by atoms with Crippen LogP contribution in [0.1, 0.15) is 20.3 Å². The van der Waals surface area contributed by atoms with Crippen molar-refractivity contribution in [3.63, 3.8) is 0 Å². The highest BCUT2D eigenvalue weighted by atomic mass is 35.5. The van der Waals surface area contributed by atoms with Gasteiger partial charge in [0.1, 0.15) is 6.33 Å². The summed E-state index contributed by atoms with van der Waals surface area (Å²) in [6.45, 7) is 8.41. The minimum Gasteiger partial charge on any atom is -0.490 e. The first-order valence-electron chi connectivity index (χ1n) is 6.23. The molecular weight excluding hydrogens is 252 g/mol. The van der Waals surface area contributed by atoms with Gasteiger partial charge in [-0.25, -0.2) is 9.97 Å². The van der Waals surface area contributed by atoms with Crippen LogP contribution in [0.3, 0.4) is 0 Å². The lowest BCUT2D eigenvalue weighted by Crippen LogP contribution is -2.25. The molecule has 0 atom stereocenters. The summed E-state index contributed by atoms with van der Waals surface area (Å²) in [4.78, 5) is 10.4. The number of ether oxygens (including phenoxy) is 1. The fraction of sp³-hybridized carbons (Fsp3) is 0.667. The standard InChI is InChI=1S/C12H21ClN4O/c1-4-17(5-2)8-6-7-14-12-10(18-3)11(13)15-9-16-12/h9H,4-8H2,1-3H3,(H,14,15,16). The van der Waals surface area contributed by atoms with Crippen LogP contribution in [0.4, 0.5) is 5.82 Å². The molecule has 0 spiro atoms. The van der Waals surface area contributed by atoms with Gasteiger partial charge in [-0.15, -0.1) is 0 Å². The Morgan fingerprint density at radius 3 is 2.67 bits per heavy atom. The van der Waals surface area contributed by atoms with Crippen molar-refractivity contribution in [3.05, 3.63) is 11.5 Å². The molecule has 0 amide bonds. The van der Waals surface area contributed by atoms with E-state index >= 15 is 0 Å². The highest BCUT2D eigenvalue weighted by Crippen LogP contribution is 2.28. The first-order chi connectivity index (χ1) is 8.72. The third-order valence-electron chi connectivity index (χ3n) is 2.80. The van der Waals surface area contributed by atoms with E-state index in [2.05, 4.69) is 34.0 Å². The van der Waals surface area contributed by atoms with E-state index in [0.717, 1.165) is 32.6 Å². The summed E-state index contributed by atoms with van der Waals surface area (Å²) < 4.78 is 5.17. The predicted molar refractivity (Wildman–Crippen MR) is 74.5 cm³/mol. The van der Waals surface area contributed by atoms with Crippen molar-refractivity contribution < 1.29 is 4.74 Å². The van der Waals surface area contributed by atoms with Crippen LogP contribution < -0.4 is 10.1 Å². The molecule has 0 radical (unpaired) electrons. The van der Waals surface area contributed by atoms with Crippen LogP contribution in [0, 0.1) is 0 Å². The fourth-order valence-electron chi connectivity index (χ4n) is 1.71. The summed E-state index contributed by atoms with van der Waals surface area (Å²) in [5.41, 5.74) is 0. The SMILES string of the molecule is CCN(CC)CCCNc1ncnc(Cl)c1OC. The number of hydrogen-bond acceptors (Lipinski definition) is 5. The second kappa shape index (κ2) is 8.11. The van der Waals surface area contributed by atoms with Crippen LogP contribution in [0.25, 0.3) is 0 Å². The zero-order chi connectivity index (χ0) is 13.4. The van der Waals surface area contributed by atoms with Crippen molar-refractivity contribution in [1.29, 1.82) is 0 Å². The molecule has 1 aromatic rings. The summed E-state index contributed by atoms with van der Waals surface area (Å²) in [5, 5.41) is 3.55. The number of nitrogens with one attached hydrogen (secondary N) is 1. The molecule has 1 aromatic heterocycles. The smallest absolute Gasteiger partial charge is 0.198 e. The number of hydrogen-bond donors (Lipinski definition) is 1. The summed E-state index contributed by atoms with van der Waals surface area (Å²) in [7, 11) is 1.56. The normalized spacial score (nSPS) is 10.7. The summed E-state index contributed by atoms with van der Waals surface area (Å²) >= 11 is 5.91. The van der Waals surface area contributed by atoms with Crippen molar-refractivity contribution in [2.45, 2.75) is 20.3 Å². The molecule has 18 heavy (non-hydrogen) atoms. The Morgan fingerprint density at radius 1 is 1.33 bits per heavy atom. The molecule has 0 aliphatic carbocycles. The molecule has 6 heteroatoms. The van der Waals surface area contributed by atoms with Gasteiger partial charge >= 0.3 is 0 Å². The van der Waals surface area contributed by atoms with Gasteiger partial charge in [0.2, 0.25) is 0 Å². The molecule has 5 nitrogen and oxygen atoms in total. The third-order valence-corrected chi connectivity index (χ3v) is 3.07. The van der Waals surface area contributed by atoms with Crippen molar-refractivity contribution in [2.75, 3.05) is 38.6 Å². The van der Waals surface area contributed by atoms with E-state index in [9.17, 15) is 0 Å². The van der Waals surface area contributed by atoms with Crippen molar-refractivity contribution in [2.24, 2.45) is 0 Å². The van der Waals surface area contributed by atoms with E-state index in [1.807, 2.05) is 0 Å². The predicted octanol–water partition coefficient (Wildman–Crippen LogP) is 2.28. The number of nitrogens with zero attached hydrogens (tertiary/aromatic N) is 3. The van der Waals surface area contributed by atoms with Gasteiger partial charge in [-0.05, 0) is 26.1 Å². The monoisotopic (exact) mass is 272 g/mol. The zero-order valence-corrected chi connectivity index (χ0v) is 12.0. The highest BCUT2D eigenvalue weighted by Gasteiger charge is 2.09. The molecule has 0 aliphatic rings. The van der Waals surface area contributed by atoms with Crippen LogP contribution in [-0.4, -0.2) is 48.2 Å². The van der Waals surface area contributed by atoms with Gasteiger partial charge in [-0.2, -0.15) is 0 Å². The molecule has 1 N–H and O–H groups in total. The molecule has 0 aromatic carbocycles. The molecule has 1 heterocycles. The van der Waals surface area contributed by atoms with Crippen LogP contribution >= 0.6 is 11.6 Å². The average molecular weight is 273 g/mol. The molecule has 0 bridgehead atoms. The van der Waals surface area contributed by atoms with Gasteiger partial charge in [0.15, 0.2) is 16.7 Å². The van der Waals surface area contributed by atoms with Gasteiger partial charge in [-0.1, -0.05) is 25.4 Å². The van der Waals surface area contributed by atoms with Crippen LogP contribution in [0.2, 0.25) is 5.15 Å². The second-order valence-corrected chi connectivity index (χ2v) is 4.21. The molecule has 0 aliphatic heterocycles. The zero-order valence-electron chi connectivity index (χ0n) is 11.2. The Labute approximate surface area is 114 Å². The quantitative estimate of drug-likeness (QED) is 0.581. The Balaban J connectivity index is 2.42. The topological polar surface area (TPSA) is 50.3 Å². The molecule has 102 valence electrons. The number of aromatic nitrogens is 2. The first kappa shape index (κ1) is 15.0. The van der Waals surface area contributed by atoms with Gasteiger partial charge in [0.25, 0.3) is 0 Å². The average Bonchev–Trinajstić information content (AvgIpc) is 2.39. The van der Waals surface area contributed by atoms with E-state index in [-0.39, 0.29) is 0 Å². The van der Waals surface area contributed by atoms with E-state index in [0.29, 0.717) is 16.7 Å². The van der Waals surface area contributed by atoms with Crippen molar-refractivity contribution in [1.82, 2.24) is 14.9 Å². The number of anilines is 1. The largest absolute Gasteiger partial charge is 0.490 e. The Kier molecular flexibility index (Phi) is 6.75. The van der Waals surface area contributed by atoms with Crippen molar-refractivity contribution in [3.8, 4) is 5.75 Å². The van der Waals surface area contributed by atoms with Crippen LogP contribution in [0.15, 0.2) is 6.33 Å². The van der Waals surface area contributed by atoms with Gasteiger partial charge in [0, 0.05) is 6.54 Å². The maximum Gasteiger partial charge on any atom is 0.198 e. The number of halogens is 1. The number of rotatable bonds is 8. The third kappa shape index (κ3) is 4.31. The lowest BCUT2D eigenvalue weighted by Gasteiger charge is -2.18. The first-order valence-corrected chi connectivity index (χ1v) is 6.61. The Morgan fingerprint density at radius 2 is 2.06 bits per heavy atom. The molecule has 0 saturated heterocycles. The summed E-state index contributed by atoms with van der Waals surface area (Å²) in [5.74, 6) is 1.15. The van der Waals surface area contributed by atoms with E-state index in [1.165, 1.54) is 6.33 Å². The Hall–Kier alpha value is -1.07. The number of methoxy groups -OCH3 is 1. The fourth-order valence-corrected chi connectivity index (χ4v) is 1.92. The summed E-state index contributed by atoms with van der Waals surface area (Å²) in [6, 6.07) is 0. The summed E-state index contributed by atoms with van der Waals surface area (Å²) in [6.07, 6.45) is 2.48. The van der Waals surface area contributed by atoms with E-state index < -0.39 is 0 Å². The molecule has 0 unspecified atom stereocenters. The molecular formula is C12H21ClN4O. The highest BCUT2D eigenvalue weighted by molar-refractivity contribution is 6.31. The van der Waals surface area contributed by atoms with Crippen molar-refractivity contribution >= 4 is 17.4 Å². The maximum atomic E-state index is 5.91. The van der Waals surface area contributed by atoms with Gasteiger partial charge in [0.05, 0.1) is 7.11 Å². The van der Waals surface area contributed by atoms with Gasteiger partial charge < -0.3 is 15.0 Å². The van der Waals surface area contributed by atoms with Crippen LogP contribution in [-0.2, 0) is 0 Å². The van der Waals surface area contributed by atoms with Gasteiger partial charge in [-0.3, -0.25) is 0 Å². The lowest BCUT2D eigenvalue weighted by molar-refractivity contribution is 0.303. The minimum absolute atomic E-state index is 0.332. The molecule has 1 rings (SSSR count). The van der Waals surface area contributed by atoms with E-state index in [1.54, 1.807) is 7.11 Å². The molecule has 0 saturated carbocycles. The molecule has 0 fully saturated rings. The van der Waals surface area contributed by atoms with E-state index in [4.69, 9.17) is 16.3 Å². The van der Waals surface area contributed by atoms with Crippen LogP contribution in [0.5, 0.6) is 5.75 Å². The Bertz CT molecular complexity index is 358.